The van der Waals surface area contributed by atoms with Crippen LogP contribution in [0.1, 0.15) is 44.5 Å². The van der Waals surface area contributed by atoms with Gasteiger partial charge >= 0.3 is 12.1 Å². The summed E-state index contributed by atoms with van der Waals surface area (Å²) in [5, 5.41) is 4.63. The van der Waals surface area contributed by atoms with Gasteiger partial charge in [-0.05, 0) is 31.0 Å². The lowest BCUT2D eigenvalue weighted by Gasteiger charge is -2.16. The zero-order chi connectivity index (χ0) is 23.2. The summed E-state index contributed by atoms with van der Waals surface area (Å²) in [5.41, 5.74) is 3.22. The molecule has 0 saturated heterocycles. The van der Waals surface area contributed by atoms with Crippen molar-refractivity contribution in [1.29, 1.82) is 0 Å². The Balaban J connectivity index is 1.57. The summed E-state index contributed by atoms with van der Waals surface area (Å²) in [6, 6.07) is 17.0. The number of aromatic nitrogens is 2. The maximum Gasteiger partial charge on any atom is 0.408 e. The highest BCUT2D eigenvalue weighted by atomic mass is 32.1. The second-order valence-corrected chi connectivity index (χ2v) is 8.73. The number of para-hydroxylation sites is 1. The number of aromatic amines is 1. The first-order chi connectivity index (χ1) is 16.0. The van der Waals surface area contributed by atoms with Crippen molar-refractivity contribution in [3.63, 3.8) is 0 Å². The molecule has 2 aromatic carbocycles. The van der Waals surface area contributed by atoms with Gasteiger partial charge in [0.2, 0.25) is 0 Å². The van der Waals surface area contributed by atoms with E-state index in [0.717, 1.165) is 26.9 Å². The summed E-state index contributed by atoms with van der Waals surface area (Å²) < 4.78 is 10.6. The molecule has 1 amide bonds. The van der Waals surface area contributed by atoms with Crippen molar-refractivity contribution in [2.75, 3.05) is 6.61 Å². The van der Waals surface area contributed by atoms with E-state index in [2.05, 4.69) is 15.3 Å². The summed E-state index contributed by atoms with van der Waals surface area (Å²) in [5.74, 6) is -0.463. The first kappa shape index (κ1) is 22.5. The predicted molar refractivity (Wildman–Crippen MR) is 127 cm³/mol. The third kappa shape index (κ3) is 5.40. The van der Waals surface area contributed by atoms with Gasteiger partial charge in [0.25, 0.3) is 0 Å². The van der Waals surface area contributed by atoms with Crippen molar-refractivity contribution < 1.29 is 19.1 Å². The summed E-state index contributed by atoms with van der Waals surface area (Å²) in [4.78, 5) is 33.5. The van der Waals surface area contributed by atoms with Crippen LogP contribution in [0, 0.1) is 6.92 Å². The van der Waals surface area contributed by atoms with Gasteiger partial charge in [0.1, 0.15) is 11.6 Å². The highest BCUT2D eigenvalue weighted by Gasteiger charge is 2.25. The van der Waals surface area contributed by atoms with Crippen molar-refractivity contribution in [2.45, 2.75) is 32.9 Å². The molecule has 0 aliphatic rings. The topological polar surface area (TPSA) is 93.3 Å². The van der Waals surface area contributed by atoms with E-state index in [1.807, 2.05) is 67.7 Å². The lowest BCUT2D eigenvalue weighted by Crippen LogP contribution is -2.30. The zero-order valence-electron chi connectivity index (χ0n) is 18.5. The fraction of sp³-hybridized carbons (Fsp3) is 0.240. The normalized spacial score (nSPS) is 11.8. The molecular weight excluding hydrogens is 438 g/mol. The second kappa shape index (κ2) is 10.3. The van der Waals surface area contributed by atoms with Gasteiger partial charge in [0.15, 0.2) is 5.69 Å². The molecule has 0 saturated carbocycles. The molecule has 2 N–H and O–H groups in total. The summed E-state index contributed by atoms with van der Waals surface area (Å²) in [7, 11) is 0. The predicted octanol–water partition coefficient (Wildman–Crippen LogP) is 5.32. The number of thiazole rings is 1. The highest BCUT2D eigenvalue weighted by molar-refractivity contribution is 7.12. The maximum absolute atomic E-state index is 12.7. The van der Waals surface area contributed by atoms with E-state index in [0.29, 0.717) is 11.4 Å². The molecule has 0 radical (unpaired) electrons. The number of amides is 1. The number of carbonyl (C=O) groups excluding carboxylic acids is 2. The van der Waals surface area contributed by atoms with E-state index in [1.165, 1.54) is 11.3 Å². The van der Waals surface area contributed by atoms with Crippen LogP contribution in [-0.4, -0.2) is 28.6 Å². The quantitative estimate of drug-likeness (QED) is 0.345. The molecule has 4 aromatic rings. The highest BCUT2D eigenvalue weighted by Crippen LogP contribution is 2.29. The van der Waals surface area contributed by atoms with Crippen LogP contribution in [0.2, 0.25) is 0 Å². The number of esters is 1. The monoisotopic (exact) mass is 463 g/mol. The van der Waals surface area contributed by atoms with Gasteiger partial charge in [-0.2, -0.15) is 0 Å². The number of rotatable bonds is 8. The SMILES string of the molecule is CCOC(=O)c1nc([C@@H](Cc2c[nH]c3ccccc23)NC(=O)OCc2ccccc2)sc1C. The molecule has 0 bridgehead atoms. The lowest BCUT2D eigenvalue weighted by molar-refractivity contribution is 0.0519. The van der Waals surface area contributed by atoms with Crippen molar-refractivity contribution in [3.8, 4) is 0 Å². The smallest absolute Gasteiger partial charge is 0.408 e. The van der Waals surface area contributed by atoms with Crippen LogP contribution in [0.4, 0.5) is 4.79 Å². The number of alkyl carbamates (subject to hydrolysis) is 1. The number of nitrogens with one attached hydrogen (secondary N) is 2. The molecule has 0 spiro atoms. The summed E-state index contributed by atoms with van der Waals surface area (Å²) >= 11 is 1.37. The Morgan fingerprint density at radius 3 is 2.64 bits per heavy atom. The Labute approximate surface area is 195 Å². The first-order valence-corrected chi connectivity index (χ1v) is 11.5. The number of carbonyl (C=O) groups is 2. The van der Waals surface area contributed by atoms with E-state index in [1.54, 1.807) is 6.92 Å². The van der Waals surface area contributed by atoms with Crippen LogP contribution in [0.25, 0.3) is 10.9 Å². The van der Waals surface area contributed by atoms with Crippen molar-refractivity contribution in [2.24, 2.45) is 0 Å². The molecule has 170 valence electrons. The van der Waals surface area contributed by atoms with Crippen LogP contribution < -0.4 is 5.32 Å². The van der Waals surface area contributed by atoms with Gasteiger partial charge in [-0.3, -0.25) is 0 Å². The number of hydrogen-bond donors (Lipinski definition) is 2. The molecule has 7 nitrogen and oxygen atoms in total. The number of H-pyrrole nitrogens is 1. The Morgan fingerprint density at radius 1 is 1.09 bits per heavy atom. The third-order valence-corrected chi connectivity index (χ3v) is 6.27. The molecule has 0 fully saturated rings. The number of nitrogens with zero attached hydrogens (tertiary/aromatic N) is 1. The Kier molecular flexibility index (Phi) is 7.04. The van der Waals surface area contributed by atoms with Crippen LogP contribution >= 0.6 is 11.3 Å². The van der Waals surface area contributed by atoms with Gasteiger partial charge in [-0.25, -0.2) is 14.6 Å². The van der Waals surface area contributed by atoms with Crippen molar-refractivity contribution >= 4 is 34.3 Å². The second-order valence-electron chi connectivity index (χ2n) is 7.50. The first-order valence-electron chi connectivity index (χ1n) is 10.7. The average molecular weight is 464 g/mol. The third-order valence-electron chi connectivity index (χ3n) is 5.18. The number of hydrogen-bond acceptors (Lipinski definition) is 6. The minimum Gasteiger partial charge on any atom is -0.461 e. The Bertz CT molecular complexity index is 1250. The summed E-state index contributed by atoms with van der Waals surface area (Å²) in [6.07, 6.45) is 1.87. The largest absolute Gasteiger partial charge is 0.461 e. The molecule has 1 atom stereocenters. The minimum absolute atomic E-state index is 0.164. The molecule has 2 heterocycles. The molecule has 33 heavy (non-hydrogen) atoms. The molecule has 8 heteroatoms. The van der Waals surface area contributed by atoms with Crippen molar-refractivity contribution in [3.05, 3.63) is 87.5 Å². The van der Waals surface area contributed by atoms with E-state index < -0.39 is 18.1 Å². The molecule has 0 aliphatic carbocycles. The molecule has 0 aliphatic heterocycles. The minimum atomic E-state index is -0.547. The number of fused-ring (bicyclic) bond motifs is 1. The number of aryl methyl sites for hydroxylation is 1. The molecule has 2 aromatic heterocycles. The van der Waals surface area contributed by atoms with Gasteiger partial charge < -0.3 is 19.8 Å². The summed E-state index contributed by atoms with van der Waals surface area (Å²) in [6.45, 7) is 4.01. The van der Waals surface area contributed by atoms with Crippen LogP contribution in [0.5, 0.6) is 0 Å². The van der Waals surface area contributed by atoms with E-state index in [9.17, 15) is 9.59 Å². The number of ether oxygens (including phenoxy) is 2. The van der Waals surface area contributed by atoms with Crippen LogP contribution in [-0.2, 0) is 22.5 Å². The number of benzene rings is 2. The van der Waals surface area contributed by atoms with Crippen LogP contribution in [0.15, 0.2) is 60.8 Å². The van der Waals surface area contributed by atoms with Crippen molar-refractivity contribution in [1.82, 2.24) is 15.3 Å². The fourth-order valence-electron chi connectivity index (χ4n) is 3.58. The van der Waals surface area contributed by atoms with Gasteiger partial charge in [0, 0.05) is 28.4 Å². The lowest BCUT2D eigenvalue weighted by atomic mass is 10.1. The Hall–Kier alpha value is -3.65. The van der Waals surface area contributed by atoms with E-state index in [-0.39, 0.29) is 18.9 Å². The molecule has 4 rings (SSSR count). The molecular formula is C25H25N3O4S. The van der Waals surface area contributed by atoms with E-state index in [4.69, 9.17) is 9.47 Å². The van der Waals surface area contributed by atoms with Gasteiger partial charge in [0.05, 0.1) is 12.6 Å². The van der Waals surface area contributed by atoms with Gasteiger partial charge in [-0.1, -0.05) is 48.5 Å². The fourth-order valence-corrected chi connectivity index (χ4v) is 4.54. The van der Waals surface area contributed by atoms with Gasteiger partial charge in [-0.15, -0.1) is 11.3 Å². The zero-order valence-corrected chi connectivity index (χ0v) is 19.3. The average Bonchev–Trinajstić information content (AvgIpc) is 3.42. The van der Waals surface area contributed by atoms with Crippen LogP contribution in [0.3, 0.4) is 0 Å². The maximum atomic E-state index is 12.7. The Morgan fingerprint density at radius 2 is 1.85 bits per heavy atom. The van der Waals surface area contributed by atoms with E-state index >= 15 is 0 Å². The molecule has 0 unspecified atom stereocenters. The standard InChI is InChI=1S/C25H25N3O4S/c1-3-31-24(29)22-16(2)33-23(28-22)21(13-18-14-26-20-12-8-7-11-19(18)20)27-25(30)32-15-17-9-5-4-6-10-17/h4-12,14,21,26H,3,13,15H2,1-2H3,(H,27,30)/t21-/m1/s1.